The Morgan fingerprint density at radius 2 is 1.95 bits per heavy atom. The molecule has 0 heterocycles. The van der Waals surface area contributed by atoms with Crippen LogP contribution in [0.15, 0.2) is 54.6 Å². The van der Waals surface area contributed by atoms with E-state index in [1.807, 2.05) is 24.3 Å². The first-order valence-electron chi connectivity index (χ1n) is 7.04. The summed E-state index contributed by atoms with van der Waals surface area (Å²) in [5, 5.41) is 11.7. The largest absolute Gasteiger partial charge is 0.352 e. The lowest BCUT2D eigenvalue weighted by atomic mass is 9.98. The van der Waals surface area contributed by atoms with E-state index in [0.717, 1.165) is 6.42 Å². The van der Waals surface area contributed by atoms with Crippen LogP contribution in [-0.2, 0) is 0 Å². The summed E-state index contributed by atoms with van der Waals surface area (Å²) in [6, 6.07) is 19.0. The lowest BCUT2D eigenvalue weighted by Gasteiger charge is -2.12. The summed E-state index contributed by atoms with van der Waals surface area (Å²) in [7, 11) is 0. The molecular formula is C18H18N2O. The maximum absolute atomic E-state index is 12.0. The molecule has 2 rings (SSSR count). The molecule has 2 aromatic rings. The molecule has 0 aromatic heterocycles. The molecule has 0 saturated heterocycles. The van der Waals surface area contributed by atoms with Crippen molar-refractivity contribution < 1.29 is 4.79 Å². The van der Waals surface area contributed by atoms with Crippen molar-refractivity contribution in [2.75, 3.05) is 6.54 Å². The molecule has 0 radical (unpaired) electrons. The number of benzene rings is 2. The first-order chi connectivity index (χ1) is 10.2. The fraction of sp³-hybridized carbons (Fsp3) is 0.222. The molecule has 21 heavy (non-hydrogen) atoms. The second kappa shape index (κ2) is 7.25. The Bertz CT molecular complexity index is 644. The van der Waals surface area contributed by atoms with Crippen LogP contribution in [-0.4, -0.2) is 12.5 Å². The number of nitriles is 1. The topological polar surface area (TPSA) is 52.9 Å². The molecule has 3 heteroatoms. The zero-order valence-corrected chi connectivity index (χ0v) is 12.0. The fourth-order valence-electron chi connectivity index (χ4n) is 2.18. The van der Waals surface area contributed by atoms with Gasteiger partial charge in [0.05, 0.1) is 11.6 Å². The van der Waals surface area contributed by atoms with Crippen molar-refractivity contribution >= 4 is 5.91 Å². The minimum Gasteiger partial charge on any atom is -0.352 e. The van der Waals surface area contributed by atoms with Crippen LogP contribution in [0.1, 0.15) is 40.7 Å². The molecule has 1 N–H and O–H groups in total. The van der Waals surface area contributed by atoms with Gasteiger partial charge in [0.15, 0.2) is 0 Å². The molecular weight excluding hydrogens is 260 g/mol. The number of hydrogen-bond acceptors (Lipinski definition) is 2. The molecule has 2 aromatic carbocycles. The SMILES string of the molecule is CC(CCNC(=O)c1cccc(C#N)c1)c1ccccc1. The van der Waals surface area contributed by atoms with E-state index < -0.39 is 0 Å². The minimum atomic E-state index is -0.132. The van der Waals surface area contributed by atoms with E-state index >= 15 is 0 Å². The first-order valence-corrected chi connectivity index (χ1v) is 7.04. The Morgan fingerprint density at radius 1 is 1.19 bits per heavy atom. The van der Waals surface area contributed by atoms with E-state index in [1.165, 1.54) is 5.56 Å². The summed E-state index contributed by atoms with van der Waals surface area (Å²) in [4.78, 5) is 12.0. The summed E-state index contributed by atoms with van der Waals surface area (Å²) in [6.45, 7) is 2.77. The van der Waals surface area contributed by atoms with E-state index in [-0.39, 0.29) is 5.91 Å². The van der Waals surface area contributed by atoms with E-state index in [9.17, 15) is 4.79 Å². The van der Waals surface area contributed by atoms with Crippen LogP contribution in [0.2, 0.25) is 0 Å². The number of nitrogens with zero attached hydrogens (tertiary/aromatic N) is 1. The molecule has 0 aliphatic rings. The van der Waals surface area contributed by atoms with Gasteiger partial charge < -0.3 is 5.32 Å². The third-order valence-corrected chi connectivity index (χ3v) is 3.49. The summed E-state index contributed by atoms with van der Waals surface area (Å²) in [5.41, 5.74) is 2.31. The average Bonchev–Trinajstić information content (AvgIpc) is 2.55. The number of rotatable bonds is 5. The van der Waals surface area contributed by atoms with Crippen molar-refractivity contribution in [1.29, 1.82) is 5.26 Å². The summed E-state index contributed by atoms with van der Waals surface area (Å²) in [5.74, 6) is 0.268. The monoisotopic (exact) mass is 278 g/mol. The maximum Gasteiger partial charge on any atom is 0.251 e. The number of carbonyl (C=O) groups is 1. The fourth-order valence-corrected chi connectivity index (χ4v) is 2.18. The number of nitrogens with one attached hydrogen (secondary N) is 1. The summed E-state index contributed by atoms with van der Waals surface area (Å²) < 4.78 is 0. The maximum atomic E-state index is 12.0. The Morgan fingerprint density at radius 3 is 2.67 bits per heavy atom. The van der Waals surface area contributed by atoms with Crippen molar-refractivity contribution in [1.82, 2.24) is 5.32 Å². The van der Waals surface area contributed by atoms with Gasteiger partial charge >= 0.3 is 0 Å². The Labute approximate surface area is 125 Å². The zero-order chi connectivity index (χ0) is 15.1. The van der Waals surface area contributed by atoms with Gasteiger partial charge in [-0.1, -0.05) is 43.3 Å². The molecule has 0 aliphatic heterocycles. The summed E-state index contributed by atoms with van der Waals surface area (Å²) >= 11 is 0. The summed E-state index contributed by atoms with van der Waals surface area (Å²) in [6.07, 6.45) is 0.883. The van der Waals surface area contributed by atoms with E-state index in [1.54, 1.807) is 24.3 Å². The van der Waals surface area contributed by atoms with Gasteiger partial charge in [-0.15, -0.1) is 0 Å². The predicted molar refractivity (Wildman–Crippen MR) is 83.0 cm³/mol. The van der Waals surface area contributed by atoms with Gasteiger partial charge in [-0.25, -0.2) is 0 Å². The first kappa shape index (κ1) is 14.8. The second-order valence-corrected chi connectivity index (χ2v) is 5.05. The van der Waals surface area contributed by atoms with Crippen LogP contribution in [0.3, 0.4) is 0 Å². The lowest BCUT2D eigenvalue weighted by molar-refractivity contribution is 0.0952. The highest BCUT2D eigenvalue weighted by molar-refractivity contribution is 5.94. The van der Waals surface area contributed by atoms with E-state index in [0.29, 0.717) is 23.6 Å². The number of carbonyl (C=O) groups excluding carboxylic acids is 1. The highest BCUT2D eigenvalue weighted by Crippen LogP contribution is 2.17. The molecule has 0 spiro atoms. The van der Waals surface area contributed by atoms with Gasteiger partial charge in [-0.2, -0.15) is 5.26 Å². The normalized spacial score (nSPS) is 11.4. The Kier molecular flexibility index (Phi) is 5.11. The Hall–Kier alpha value is -2.60. The molecule has 3 nitrogen and oxygen atoms in total. The molecule has 0 aliphatic carbocycles. The molecule has 1 amide bonds. The second-order valence-electron chi connectivity index (χ2n) is 5.05. The van der Waals surface area contributed by atoms with Crippen molar-refractivity contribution in [2.45, 2.75) is 19.3 Å². The predicted octanol–water partition coefficient (Wildman–Crippen LogP) is 3.48. The van der Waals surface area contributed by atoms with Crippen molar-refractivity contribution in [3.05, 3.63) is 71.3 Å². The van der Waals surface area contributed by atoms with Gasteiger partial charge in [-0.3, -0.25) is 4.79 Å². The van der Waals surface area contributed by atoms with Gasteiger partial charge in [0.25, 0.3) is 5.91 Å². The van der Waals surface area contributed by atoms with Gasteiger partial charge in [0.1, 0.15) is 0 Å². The van der Waals surface area contributed by atoms with Crippen LogP contribution in [0.5, 0.6) is 0 Å². The molecule has 106 valence electrons. The van der Waals surface area contributed by atoms with Gasteiger partial charge in [-0.05, 0) is 36.1 Å². The van der Waals surface area contributed by atoms with Crippen molar-refractivity contribution in [3.63, 3.8) is 0 Å². The van der Waals surface area contributed by atoms with Crippen LogP contribution in [0.25, 0.3) is 0 Å². The third kappa shape index (κ3) is 4.19. The zero-order valence-electron chi connectivity index (χ0n) is 12.0. The third-order valence-electron chi connectivity index (χ3n) is 3.49. The van der Waals surface area contributed by atoms with Crippen molar-refractivity contribution in [2.24, 2.45) is 0 Å². The molecule has 0 bridgehead atoms. The van der Waals surface area contributed by atoms with Gasteiger partial charge in [0.2, 0.25) is 0 Å². The lowest BCUT2D eigenvalue weighted by Crippen LogP contribution is -2.25. The van der Waals surface area contributed by atoms with Crippen LogP contribution < -0.4 is 5.32 Å². The quantitative estimate of drug-likeness (QED) is 0.910. The minimum absolute atomic E-state index is 0.132. The van der Waals surface area contributed by atoms with Crippen LogP contribution in [0, 0.1) is 11.3 Å². The van der Waals surface area contributed by atoms with Crippen LogP contribution in [0.4, 0.5) is 0 Å². The van der Waals surface area contributed by atoms with E-state index in [2.05, 4.69) is 24.4 Å². The van der Waals surface area contributed by atoms with E-state index in [4.69, 9.17) is 5.26 Å². The highest BCUT2D eigenvalue weighted by atomic mass is 16.1. The number of hydrogen-bond donors (Lipinski definition) is 1. The molecule has 1 unspecified atom stereocenters. The smallest absolute Gasteiger partial charge is 0.251 e. The average molecular weight is 278 g/mol. The standard InChI is InChI=1S/C18H18N2O/c1-14(16-7-3-2-4-8-16)10-11-20-18(21)17-9-5-6-15(12-17)13-19/h2-9,12,14H,10-11H2,1H3,(H,20,21). The molecule has 0 saturated carbocycles. The number of amides is 1. The molecule has 1 atom stereocenters. The molecule has 0 fully saturated rings. The van der Waals surface area contributed by atoms with Crippen LogP contribution >= 0.6 is 0 Å². The highest BCUT2D eigenvalue weighted by Gasteiger charge is 2.08. The van der Waals surface area contributed by atoms with Gasteiger partial charge in [0, 0.05) is 12.1 Å². The Balaban J connectivity index is 1.86. The van der Waals surface area contributed by atoms with Crippen molar-refractivity contribution in [3.8, 4) is 6.07 Å².